The molecule has 11 heteroatoms. The van der Waals surface area contributed by atoms with Crippen LogP contribution in [-0.2, 0) is 15.7 Å². The number of rotatable bonds is 5. The summed E-state index contributed by atoms with van der Waals surface area (Å²) in [5.74, 6) is -0.258. The summed E-state index contributed by atoms with van der Waals surface area (Å²) in [7, 11) is 0. The summed E-state index contributed by atoms with van der Waals surface area (Å²) in [5.41, 5.74) is -1.75. The first-order valence-corrected chi connectivity index (χ1v) is 10.6. The first kappa shape index (κ1) is 25.1. The molecule has 0 aliphatic carbocycles. The Bertz CT molecular complexity index is 1070. The molecule has 3 N–H and O–H groups in total. The molecule has 0 bridgehead atoms. The molecule has 0 saturated carbocycles. The molecule has 1 fully saturated rings. The van der Waals surface area contributed by atoms with Crippen LogP contribution in [0.2, 0.25) is 0 Å². The Hall–Kier alpha value is -3.50. The van der Waals surface area contributed by atoms with Crippen molar-refractivity contribution in [3.05, 3.63) is 58.7 Å². The number of hydrogen-bond donors (Lipinski definition) is 3. The second-order valence-corrected chi connectivity index (χ2v) is 9.03. The highest BCUT2D eigenvalue weighted by atomic mass is 19.4. The van der Waals surface area contributed by atoms with Gasteiger partial charge in [-0.3, -0.25) is 10.1 Å². The van der Waals surface area contributed by atoms with Crippen LogP contribution in [0.5, 0.6) is 0 Å². The summed E-state index contributed by atoms with van der Waals surface area (Å²) in [4.78, 5) is 26.8. The Morgan fingerprint density at radius 1 is 1.15 bits per heavy atom. The van der Waals surface area contributed by atoms with Gasteiger partial charge in [0.25, 0.3) is 5.91 Å². The van der Waals surface area contributed by atoms with E-state index in [4.69, 9.17) is 14.9 Å². The van der Waals surface area contributed by atoms with E-state index in [2.05, 4.69) is 10.6 Å². The van der Waals surface area contributed by atoms with E-state index in [1.54, 1.807) is 19.9 Å². The lowest BCUT2D eigenvalue weighted by Gasteiger charge is -2.45. The first-order chi connectivity index (χ1) is 15.7. The normalized spacial score (nSPS) is 21.2. The number of hydrogen-bond acceptors (Lipinski definition) is 6. The van der Waals surface area contributed by atoms with Gasteiger partial charge in [-0.2, -0.15) is 13.2 Å². The maximum absolute atomic E-state index is 12.8. The fourth-order valence-electron chi connectivity index (χ4n) is 3.60. The minimum absolute atomic E-state index is 0.0503. The molecule has 184 valence electrons. The van der Waals surface area contributed by atoms with Crippen LogP contribution < -0.4 is 10.6 Å². The lowest BCUT2D eigenvalue weighted by atomic mass is 9.89. The minimum Gasteiger partial charge on any atom is -0.473 e. The quantitative estimate of drug-likeness (QED) is 0.587. The van der Waals surface area contributed by atoms with E-state index >= 15 is 0 Å². The third kappa shape index (κ3) is 5.02. The fraction of sp³-hybridized carbons (Fsp3) is 0.435. The maximum Gasteiger partial charge on any atom is 0.416 e. The van der Waals surface area contributed by atoms with Gasteiger partial charge >= 0.3 is 12.3 Å². The molecule has 2 amide bonds. The zero-order chi connectivity index (χ0) is 25.5. The average Bonchev–Trinajstić information content (AvgIpc) is 2.91. The minimum atomic E-state index is -4.53. The summed E-state index contributed by atoms with van der Waals surface area (Å²) in [6, 6.07) is 3.67. The van der Waals surface area contributed by atoms with E-state index in [1.165, 1.54) is 0 Å². The zero-order valence-corrected chi connectivity index (χ0v) is 19.5. The van der Waals surface area contributed by atoms with Gasteiger partial charge in [0.2, 0.25) is 0 Å². The number of alkyl halides is 3. The molecule has 8 nitrogen and oxygen atoms in total. The fourth-order valence-corrected chi connectivity index (χ4v) is 3.60. The van der Waals surface area contributed by atoms with Gasteiger partial charge in [-0.1, -0.05) is 0 Å². The number of amides is 2. The van der Waals surface area contributed by atoms with E-state index in [0.29, 0.717) is 11.5 Å². The molecule has 1 aromatic carbocycles. The predicted octanol–water partition coefficient (Wildman–Crippen LogP) is 4.16. The summed E-state index contributed by atoms with van der Waals surface area (Å²) < 4.78 is 49.3. The van der Waals surface area contributed by atoms with Crippen LogP contribution in [0, 0.1) is 5.41 Å². The van der Waals surface area contributed by atoms with Gasteiger partial charge in [-0.15, -0.1) is 0 Å². The molecule has 2 aliphatic heterocycles. The van der Waals surface area contributed by atoms with Gasteiger partial charge in [-0.05, 0) is 58.9 Å². The van der Waals surface area contributed by atoms with Gasteiger partial charge in [0.1, 0.15) is 17.0 Å². The largest absolute Gasteiger partial charge is 0.473 e. The molecule has 0 aromatic heterocycles. The van der Waals surface area contributed by atoms with E-state index in [1.807, 2.05) is 25.7 Å². The smallest absolute Gasteiger partial charge is 0.416 e. The van der Waals surface area contributed by atoms with Crippen molar-refractivity contribution in [2.75, 3.05) is 13.2 Å². The molecule has 0 spiro atoms. The number of carbonyl (C=O) groups excluding carboxylic acids is 2. The third-order valence-corrected chi connectivity index (χ3v) is 5.28. The Labute approximate surface area is 195 Å². The molecule has 0 radical (unpaired) electrons. The first-order valence-electron chi connectivity index (χ1n) is 10.6. The van der Waals surface area contributed by atoms with Crippen molar-refractivity contribution in [1.82, 2.24) is 15.5 Å². The number of alkyl carbamates (subject to hydrolysis) is 1. The van der Waals surface area contributed by atoms with Crippen molar-refractivity contribution < 1.29 is 32.2 Å². The van der Waals surface area contributed by atoms with Crippen LogP contribution in [0.3, 0.4) is 0 Å². The van der Waals surface area contributed by atoms with Gasteiger partial charge in [0.05, 0.1) is 24.4 Å². The van der Waals surface area contributed by atoms with Gasteiger partial charge in [-0.25, -0.2) is 4.79 Å². The topological polar surface area (TPSA) is 104 Å². The molecule has 3 rings (SSSR count). The third-order valence-electron chi connectivity index (χ3n) is 5.28. The van der Waals surface area contributed by atoms with Crippen molar-refractivity contribution in [2.45, 2.75) is 51.9 Å². The van der Waals surface area contributed by atoms with Crippen LogP contribution in [0.4, 0.5) is 18.0 Å². The molecule has 1 atom stereocenters. The van der Waals surface area contributed by atoms with Crippen LogP contribution in [0.25, 0.3) is 0 Å². The lowest BCUT2D eigenvalue weighted by Crippen LogP contribution is -2.53. The van der Waals surface area contributed by atoms with Crippen LogP contribution in [0.1, 0.15) is 50.5 Å². The van der Waals surface area contributed by atoms with Gasteiger partial charge in [0, 0.05) is 17.2 Å². The number of halogens is 3. The standard InChI is InChI=1S/C23H27F3N4O4/c1-6-33-20(32)29-18(28-19(31)13-7-9-14(10-8-13)23(24,25)26)15-12-30-16(34-21(2,3)4)11-22(30,5)17(15)27/h7-11,27H,6,12H2,1-5H3,(H,28,31)(H,29,32)/b18-15-,27-17?. The lowest BCUT2D eigenvalue weighted by molar-refractivity contribution is -0.137. The Kier molecular flexibility index (Phi) is 6.43. The van der Waals surface area contributed by atoms with Crippen molar-refractivity contribution in [1.29, 1.82) is 5.41 Å². The van der Waals surface area contributed by atoms with Crippen molar-refractivity contribution in [3.8, 4) is 0 Å². The maximum atomic E-state index is 12.8. The molecular weight excluding hydrogens is 453 g/mol. The van der Waals surface area contributed by atoms with Crippen LogP contribution in [-0.4, -0.2) is 46.9 Å². The van der Waals surface area contributed by atoms with E-state index < -0.39 is 34.9 Å². The number of nitrogens with one attached hydrogen (secondary N) is 3. The highest BCUT2D eigenvalue weighted by molar-refractivity contribution is 6.11. The van der Waals surface area contributed by atoms with Crippen molar-refractivity contribution in [3.63, 3.8) is 0 Å². The molecular formula is C23H27F3N4O4. The second kappa shape index (κ2) is 8.69. The van der Waals surface area contributed by atoms with E-state index in [9.17, 15) is 22.8 Å². The number of ether oxygens (including phenoxy) is 2. The van der Waals surface area contributed by atoms with Crippen molar-refractivity contribution in [2.24, 2.45) is 0 Å². The Morgan fingerprint density at radius 2 is 1.76 bits per heavy atom. The Balaban J connectivity index is 1.89. The highest BCUT2D eigenvalue weighted by Crippen LogP contribution is 2.44. The highest BCUT2D eigenvalue weighted by Gasteiger charge is 2.53. The average molecular weight is 480 g/mol. The number of nitrogens with zero attached hydrogens (tertiary/aromatic N) is 1. The monoisotopic (exact) mass is 480 g/mol. The molecule has 1 aromatic rings. The van der Waals surface area contributed by atoms with E-state index in [0.717, 1.165) is 24.3 Å². The summed E-state index contributed by atoms with van der Waals surface area (Å²) in [5, 5.41) is 13.6. The molecule has 2 aliphatic rings. The summed E-state index contributed by atoms with van der Waals surface area (Å²) in [6.07, 6.45) is -3.59. The summed E-state index contributed by atoms with van der Waals surface area (Å²) in [6.45, 7) is 9.31. The van der Waals surface area contributed by atoms with Crippen LogP contribution in [0.15, 0.2) is 47.6 Å². The molecule has 2 heterocycles. The number of benzene rings is 1. The molecule has 1 saturated heterocycles. The van der Waals surface area contributed by atoms with E-state index in [-0.39, 0.29) is 30.2 Å². The van der Waals surface area contributed by atoms with Crippen LogP contribution >= 0.6 is 0 Å². The van der Waals surface area contributed by atoms with Gasteiger partial charge < -0.3 is 25.1 Å². The molecule has 34 heavy (non-hydrogen) atoms. The molecule has 1 unspecified atom stereocenters. The number of carbonyl (C=O) groups is 2. The SMILES string of the molecule is CCOC(=O)N/C(NC(=O)c1ccc(C(F)(F)F)cc1)=C1/CN2C(OC(C)(C)C)=CC2(C)C1=N. The van der Waals surface area contributed by atoms with Gasteiger partial charge in [0.15, 0.2) is 5.88 Å². The Morgan fingerprint density at radius 3 is 2.29 bits per heavy atom. The summed E-state index contributed by atoms with van der Waals surface area (Å²) >= 11 is 0. The number of fused-ring (bicyclic) bond motifs is 1. The predicted molar refractivity (Wildman–Crippen MR) is 118 cm³/mol. The zero-order valence-electron chi connectivity index (χ0n) is 19.5. The van der Waals surface area contributed by atoms with Crippen molar-refractivity contribution >= 4 is 17.7 Å². The second-order valence-electron chi connectivity index (χ2n) is 9.03.